The third kappa shape index (κ3) is 4.06. The van der Waals surface area contributed by atoms with Crippen LogP contribution in [-0.4, -0.2) is 5.91 Å². The molecule has 0 saturated carbocycles. The number of rotatable bonds is 5. The van der Waals surface area contributed by atoms with Crippen LogP contribution in [0.25, 0.3) is 11.0 Å². The summed E-state index contributed by atoms with van der Waals surface area (Å²) in [6, 6.07) is 17.1. The Hall–Kier alpha value is -2.53. The van der Waals surface area contributed by atoms with Gasteiger partial charge in [-0.05, 0) is 23.3 Å². The zero-order valence-electron chi connectivity index (χ0n) is 13.2. The molecule has 0 unspecified atom stereocenters. The number of fused-ring (bicyclic) bond motifs is 1. The second-order valence-electron chi connectivity index (χ2n) is 5.46. The Morgan fingerprint density at radius 2 is 1.88 bits per heavy atom. The van der Waals surface area contributed by atoms with E-state index in [1.807, 2.05) is 30.3 Å². The van der Waals surface area contributed by atoms with Gasteiger partial charge in [-0.25, -0.2) is 4.79 Å². The highest BCUT2D eigenvalue weighted by molar-refractivity contribution is 7.97. The molecule has 0 spiro atoms. The molecule has 0 atom stereocenters. The summed E-state index contributed by atoms with van der Waals surface area (Å²) >= 11 is 1.75. The van der Waals surface area contributed by atoms with E-state index in [9.17, 15) is 9.59 Å². The van der Waals surface area contributed by atoms with Crippen molar-refractivity contribution in [3.8, 4) is 0 Å². The maximum absolute atomic E-state index is 11.8. The highest BCUT2D eigenvalue weighted by atomic mass is 32.2. The van der Waals surface area contributed by atoms with Gasteiger partial charge in [-0.1, -0.05) is 30.3 Å². The van der Waals surface area contributed by atoms with Gasteiger partial charge in [0.25, 0.3) is 0 Å². The van der Waals surface area contributed by atoms with Gasteiger partial charge >= 0.3 is 5.63 Å². The Bertz CT molecular complexity index is 919. The molecule has 0 aliphatic carbocycles. The molecule has 0 aliphatic heterocycles. The summed E-state index contributed by atoms with van der Waals surface area (Å²) in [6.07, 6.45) is 0. The summed E-state index contributed by atoms with van der Waals surface area (Å²) < 4.78 is 5.27. The standard InChI is InChI=1S/C19H17NO3S/c1-13(21)20-16-7-8-17-15(9-19(22)23-18(17)10-16)12-24-11-14-5-3-2-4-6-14/h2-10H,11-12H2,1H3,(H,20,21). The first-order chi connectivity index (χ1) is 11.6. The van der Waals surface area contributed by atoms with Crippen LogP contribution in [0, 0.1) is 0 Å². The van der Waals surface area contributed by atoms with Crippen molar-refractivity contribution in [3.63, 3.8) is 0 Å². The minimum atomic E-state index is -0.377. The molecule has 1 heterocycles. The summed E-state index contributed by atoms with van der Waals surface area (Å²) in [5.41, 5.74) is 2.92. The van der Waals surface area contributed by atoms with E-state index in [2.05, 4.69) is 17.4 Å². The molecular weight excluding hydrogens is 322 g/mol. The minimum Gasteiger partial charge on any atom is -0.423 e. The van der Waals surface area contributed by atoms with Crippen LogP contribution in [0.3, 0.4) is 0 Å². The van der Waals surface area contributed by atoms with E-state index in [0.717, 1.165) is 22.5 Å². The predicted molar refractivity (Wildman–Crippen MR) is 98.2 cm³/mol. The van der Waals surface area contributed by atoms with E-state index in [1.165, 1.54) is 12.5 Å². The molecule has 0 aliphatic rings. The molecule has 122 valence electrons. The topological polar surface area (TPSA) is 59.3 Å². The normalized spacial score (nSPS) is 10.7. The molecule has 24 heavy (non-hydrogen) atoms. The number of thioether (sulfide) groups is 1. The van der Waals surface area contributed by atoms with Gasteiger partial charge in [0.2, 0.25) is 5.91 Å². The molecule has 3 rings (SSSR count). The first kappa shape index (κ1) is 16.3. The first-order valence-corrected chi connectivity index (χ1v) is 8.73. The van der Waals surface area contributed by atoms with Crippen LogP contribution < -0.4 is 10.9 Å². The smallest absolute Gasteiger partial charge is 0.336 e. The Labute approximate surface area is 143 Å². The van der Waals surface area contributed by atoms with Crippen molar-refractivity contribution in [1.82, 2.24) is 0 Å². The first-order valence-electron chi connectivity index (χ1n) is 7.58. The molecule has 1 N–H and O–H groups in total. The Morgan fingerprint density at radius 3 is 2.62 bits per heavy atom. The lowest BCUT2D eigenvalue weighted by molar-refractivity contribution is -0.114. The number of anilines is 1. The number of amides is 1. The van der Waals surface area contributed by atoms with Crippen LogP contribution >= 0.6 is 11.8 Å². The Balaban J connectivity index is 1.82. The SMILES string of the molecule is CC(=O)Nc1ccc2c(CSCc3ccccc3)cc(=O)oc2c1. The van der Waals surface area contributed by atoms with Crippen LogP contribution in [0.5, 0.6) is 0 Å². The molecule has 1 amide bonds. The van der Waals surface area contributed by atoms with Gasteiger partial charge in [0, 0.05) is 41.6 Å². The van der Waals surface area contributed by atoms with Gasteiger partial charge in [0.1, 0.15) is 5.58 Å². The maximum atomic E-state index is 11.8. The lowest BCUT2D eigenvalue weighted by Gasteiger charge is -2.08. The van der Waals surface area contributed by atoms with E-state index in [-0.39, 0.29) is 11.5 Å². The van der Waals surface area contributed by atoms with Gasteiger partial charge in [-0.15, -0.1) is 0 Å². The summed E-state index contributed by atoms with van der Waals surface area (Å²) in [5.74, 6) is 1.44. The number of carbonyl (C=O) groups excluding carboxylic acids is 1. The average Bonchev–Trinajstić information content (AvgIpc) is 2.54. The quantitative estimate of drug-likeness (QED) is 0.708. The lowest BCUT2D eigenvalue weighted by atomic mass is 10.1. The number of benzene rings is 2. The molecular formula is C19H17NO3S. The molecule has 4 nitrogen and oxygen atoms in total. The highest BCUT2D eigenvalue weighted by Gasteiger charge is 2.08. The Kier molecular flexibility index (Phi) is 5.01. The number of nitrogens with one attached hydrogen (secondary N) is 1. The maximum Gasteiger partial charge on any atom is 0.336 e. The van der Waals surface area contributed by atoms with E-state index < -0.39 is 0 Å². The largest absolute Gasteiger partial charge is 0.423 e. The third-order valence-electron chi connectivity index (χ3n) is 3.52. The molecule has 3 aromatic rings. The van der Waals surface area contributed by atoms with Crippen molar-refractivity contribution in [3.05, 3.63) is 76.1 Å². The van der Waals surface area contributed by atoms with Crippen molar-refractivity contribution >= 4 is 34.3 Å². The minimum absolute atomic E-state index is 0.161. The Morgan fingerprint density at radius 1 is 1.08 bits per heavy atom. The van der Waals surface area contributed by atoms with Crippen LogP contribution in [0.4, 0.5) is 5.69 Å². The molecule has 0 radical (unpaired) electrons. The molecule has 2 aromatic carbocycles. The van der Waals surface area contributed by atoms with E-state index in [0.29, 0.717) is 11.3 Å². The average molecular weight is 339 g/mol. The number of carbonyl (C=O) groups is 1. The van der Waals surface area contributed by atoms with Crippen molar-refractivity contribution in [2.75, 3.05) is 5.32 Å². The van der Waals surface area contributed by atoms with E-state index in [4.69, 9.17) is 4.42 Å². The molecule has 0 bridgehead atoms. The summed E-state index contributed by atoms with van der Waals surface area (Å²) in [7, 11) is 0. The van der Waals surface area contributed by atoms with Gasteiger partial charge in [-0.3, -0.25) is 4.79 Å². The fourth-order valence-corrected chi connectivity index (χ4v) is 3.47. The monoisotopic (exact) mass is 339 g/mol. The van der Waals surface area contributed by atoms with Crippen LogP contribution in [0.1, 0.15) is 18.1 Å². The number of hydrogen-bond donors (Lipinski definition) is 1. The summed E-state index contributed by atoms with van der Waals surface area (Å²) in [5, 5.41) is 3.59. The molecule has 0 fully saturated rings. The van der Waals surface area contributed by atoms with Gasteiger partial charge in [0.15, 0.2) is 0 Å². The fourth-order valence-electron chi connectivity index (χ4n) is 2.48. The van der Waals surface area contributed by atoms with Gasteiger partial charge < -0.3 is 9.73 Å². The predicted octanol–water partition coefficient (Wildman–Crippen LogP) is 4.18. The van der Waals surface area contributed by atoms with Gasteiger partial charge in [-0.2, -0.15) is 11.8 Å². The van der Waals surface area contributed by atoms with Crippen molar-refractivity contribution in [1.29, 1.82) is 0 Å². The fraction of sp³-hybridized carbons (Fsp3) is 0.158. The summed E-state index contributed by atoms with van der Waals surface area (Å²) in [6.45, 7) is 1.44. The number of hydrogen-bond acceptors (Lipinski definition) is 4. The van der Waals surface area contributed by atoms with Crippen molar-refractivity contribution in [2.45, 2.75) is 18.4 Å². The van der Waals surface area contributed by atoms with E-state index >= 15 is 0 Å². The van der Waals surface area contributed by atoms with E-state index in [1.54, 1.807) is 23.9 Å². The van der Waals surface area contributed by atoms with Crippen LogP contribution in [-0.2, 0) is 16.3 Å². The van der Waals surface area contributed by atoms with Crippen LogP contribution in [0.15, 0.2) is 63.8 Å². The molecule has 5 heteroatoms. The lowest BCUT2D eigenvalue weighted by Crippen LogP contribution is -2.06. The second-order valence-corrected chi connectivity index (χ2v) is 6.45. The second kappa shape index (κ2) is 7.36. The van der Waals surface area contributed by atoms with Gasteiger partial charge in [0.05, 0.1) is 0 Å². The van der Waals surface area contributed by atoms with Crippen molar-refractivity contribution in [2.24, 2.45) is 0 Å². The van der Waals surface area contributed by atoms with Crippen LogP contribution in [0.2, 0.25) is 0 Å². The van der Waals surface area contributed by atoms with Crippen molar-refractivity contribution < 1.29 is 9.21 Å². The highest BCUT2D eigenvalue weighted by Crippen LogP contribution is 2.25. The zero-order chi connectivity index (χ0) is 16.9. The zero-order valence-corrected chi connectivity index (χ0v) is 14.1. The third-order valence-corrected chi connectivity index (χ3v) is 4.57. The molecule has 1 aromatic heterocycles. The molecule has 0 saturated heterocycles. The summed E-state index contributed by atoms with van der Waals surface area (Å²) in [4.78, 5) is 23.0.